The Kier molecular flexibility index (Phi) is 4.91. The molecule has 0 aliphatic heterocycles. The molecule has 0 spiro atoms. The van der Waals surface area contributed by atoms with Crippen molar-refractivity contribution in [2.75, 3.05) is 0 Å². The molecule has 7 nitrogen and oxygen atoms in total. The topological polar surface area (TPSA) is 99.4 Å². The zero-order chi connectivity index (χ0) is 20.2. The average Bonchev–Trinajstić information content (AvgIpc) is 3.36. The fourth-order valence-corrected chi connectivity index (χ4v) is 3.05. The van der Waals surface area contributed by atoms with Crippen LogP contribution in [0.3, 0.4) is 0 Å². The molecule has 142 valence electrons. The van der Waals surface area contributed by atoms with Gasteiger partial charge in [0.05, 0.1) is 6.20 Å². The van der Waals surface area contributed by atoms with Crippen molar-refractivity contribution >= 4 is 23.0 Å². The Morgan fingerprint density at radius 3 is 2.83 bits per heavy atom. The highest BCUT2D eigenvalue weighted by Crippen LogP contribution is 2.25. The van der Waals surface area contributed by atoms with Crippen molar-refractivity contribution in [3.05, 3.63) is 77.9 Å². The maximum atomic E-state index is 12.5. The van der Waals surface area contributed by atoms with E-state index in [9.17, 15) is 10.1 Å². The Labute approximate surface area is 167 Å². The molecular formula is C22H18N6O. The third-order valence-electron chi connectivity index (χ3n) is 4.56. The summed E-state index contributed by atoms with van der Waals surface area (Å²) in [6.45, 7) is 0.360. The number of aryl methyl sites for hydroxylation is 1. The maximum absolute atomic E-state index is 12.5. The minimum absolute atomic E-state index is 0.0358. The second kappa shape index (κ2) is 7.82. The van der Waals surface area contributed by atoms with Crippen molar-refractivity contribution in [3.8, 4) is 17.2 Å². The number of carbonyl (C=O) groups is 1. The molecule has 0 fully saturated rings. The van der Waals surface area contributed by atoms with E-state index in [0.717, 1.165) is 27.6 Å². The predicted molar refractivity (Wildman–Crippen MR) is 110 cm³/mol. The minimum Gasteiger partial charge on any atom is -0.347 e. The van der Waals surface area contributed by atoms with Gasteiger partial charge in [-0.15, -0.1) is 0 Å². The Morgan fingerprint density at radius 2 is 2.10 bits per heavy atom. The number of aromatic amines is 1. The minimum atomic E-state index is -0.415. The summed E-state index contributed by atoms with van der Waals surface area (Å²) in [7, 11) is 1.85. The van der Waals surface area contributed by atoms with Gasteiger partial charge in [0.25, 0.3) is 5.91 Å². The van der Waals surface area contributed by atoms with Crippen LogP contribution in [0, 0.1) is 11.3 Å². The number of amides is 1. The van der Waals surface area contributed by atoms with Crippen molar-refractivity contribution in [1.29, 1.82) is 5.26 Å². The van der Waals surface area contributed by atoms with Gasteiger partial charge in [-0.05, 0) is 17.7 Å². The first-order valence-electron chi connectivity index (χ1n) is 9.04. The SMILES string of the molecule is Cn1cc(-c2cnc3[nH]cc(/C=C(\C#N)C(=O)NCc4ccccc4)c3c2)cn1. The molecule has 0 radical (unpaired) electrons. The van der Waals surface area contributed by atoms with Crippen LogP contribution < -0.4 is 5.32 Å². The first-order valence-corrected chi connectivity index (χ1v) is 9.04. The summed E-state index contributed by atoms with van der Waals surface area (Å²) >= 11 is 0. The van der Waals surface area contributed by atoms with Gasteiger partial charge in [0.2, 0.25) is 0 Å². The number of nitrogens with one attached hydrogen (secondary N) is 2. The summed E-state index contributed by atoms with van der Waals surface area (Å²) in [5.41, 5.74) is 4.27. The van der Waals surface area contributed by atoms with Crippen molar-refractivity contribution in [3.63, 3.8) is 0 Å². The third kappa shape index (κ3) is 3.92. The molecule has 4 rings (SSSR count). The third-order valence-corrected chi connectivity index (χ3v) is 4.56. The Morgan fingerprint density at radius 1 is 1.28 bits per heavy atom. The Bertz CT molecular complexity index is 1240. The number of hydrogen-bond donors (Lipinski definition) is 2. The molecule has 4 aromatic rings. The van der Waals surface area contributed by atoms with Crippen molar-refractivity contribution < 1.29 is 4.79 Å². The Balaban J connectivity index is 1.61. The molecule has 3 heterocycles. The highest BCUT2D eigenvalue weighted by Gasteiger charge is 2.12. The summed E-state index contributed by atoms with van der Waals surface area (Å²) in [5.74, 6) is -0.415. The van der Waals surface area contributed by atoms with Gasteiger partial charge in [-0.3, -0.25) is 9.48 Å². The number of hydrogen-bond acceptors (Lipinski definition) is 4. The van der Waals surface area contributed by atoms with E-state index in [2.05, 4.69) is 20.4 Å². The lowest BCUT2D eigenvalue weighted by molar-refractivity contribution is -0.117. The lowest BCUT2D eigenvalue weighted by atomic mass is 10.1. The van der Waals surface area contributed by atoms with Gasteiger partial charge >= 0.3 is 0 Å². The molecule has 0 bridgehead atoms. The zero-order valence-electron chi connectivity index (χ0n) is 15.8. The van der Waals surface area contributed by atoms with E-state index in [1.807, 2.05) is 55.7 Å². The van der Waals surface area contributed by atoms with Gasteiger partial charge in [-0.1, -0.05) is 30.3 Å². The zero-order valence-corrected chi connectivity index (χ0v) is 15.8. The number of H-pyrrole nitrogens is 1. The smallest absolute Gasteiger partial charge is 0.262 e. The molecule has 7 heteroatoms. The predicted octanol–water partition coefficient (Wildman–Crippen LogP) is 3.19. The number of benzene rings is 1. The molecule has 1 amide bonds. The number of carbonyl (C=O) groups excluding carboxylic acids is 1. The number of fused-ring (bicyclic) bond motifs is 1. The van der Waals surface area contributed by atoms with Gasteiger partial charge in [0, 0.05) is 54.3 Å². The first-order chi connectivity index (χ1) is 14.1. The molecule has 0 saturated heterocycles. The summed E-state index contributed by atoms with van der Waals surface area (Å²) in [6, 6.07) is 13.5. The molecule has 0 aliphatic carbocycles. The second-order valence-corrected chi connectivity index (χ2v) is 6.60. The lowest BCUT2D eigenvalue weighted by Crippen LogP contribution is -2.23. The van der Waals surface area contributed by atoms with Gasteiger partial charge in [-0.2, -0.15) is 10.4 Å². The first kappa shape index (κ1) is 18.2. The largest absolute Gasteiger partial charge is 0.347 e. The molecule has 0 saturated carbocycles. The number of nitriles is 1. The summed E-state index contributed by atoms with van der Waals surface area (Å²) < 4.78 is 1.72. The molecule has 29 heavy (non-hydrogen) atoms. The fourth-order valence-electron chi connectivity index (χ4n) is 3.05. The van der Waals surface area contributed by atoms with Crippen LogP contribution in [-0.2, 0) is 18.4 Å². The van der Waals surface area contributed by atoms with Crippen LogP contribution in [0.4, 0.5) is 0 Å². The van der Waals surface area contributed by atoms with Gasteiger partial charge in [-0.25, -0.2) is 4.98 Å². The molecular weight excluding hydrogens is 364 g/mol. The van der Waals surface area contributed by atoms with E-state index in [-0.39, 0.29) is 5.57 Å². The second-order valence-electron chi connectivity index (χ2n) is 6.60. The highest BCUT2D eigenvalue weighted by atomic mass is 16.1. The van der Waals surface area contributed by atoms with E-state index in [1.165, 1.54) is 0 Å². The molecule has 0 aliphatic rings. The van der Waals surface area contributed by atoms with Crippen LogP contribution in [0.2, 0.25) is 0 Å². The normalized spacial score (nSPS) is 11.4. The molecule has 3 aromatic heterocycles. The van der Waals surface area contributed by atoms with Gasteiger partial charge < -0.3 is 10.3 Å². The maximum Gasteiger partial charge on any atom is 0.262 e. The molecule has 1 aromatic carbocycles. The van der Waals surface area contributed by atoms with Crippen LogP contribution in [0.1, 0.15) is 11.1 Å². The van der Waals surface area contributed by atoms with Crippen molar-refractivity contribution in [2.24, 2.45) is 7.05 Å². The highest BCUT2D eigenvalue weighted by molar-refractivity contribution is 6.03. The van der Waals surface area contributed by atoms with Crippen molar-refractivity contribution in [1.82, 2.24) is 25.1 Å². The number of nitrogens with zero attached hydrogens (tertiary/aromatic N) is 4. The number of aromatic nitrogens is 4. The Hall–Kier alpha value is -4.18. The average molecular weight is 382 g/mol. The lowest BCUT2D eigenvalue weighted by Gasteiger charge is -2.04. The van der Waals surface area contributed by atoms with Crippen LogP contribution in [0.25, 0.3) is 28.2 Å². The number of rotatable bonds is 5. The van der Waals surface area contributed by atoms with Gasteiger partial charge in [0.15, 0.2) is 0 Å². The fraction of sp³-hybridized carbons (Fsp3) is 0.0909. The van der Waals surface area contributed by atoms with Crippen molar-refractivity contribution in [2.45, 2.75) is 6.54 Å². The number of pyridine rings is 1. The standard InChI is InChI=1S/C22H18N6O/c1-28-14-19(13-27-28)17-8-20-18(12-25-21(20)24-11-17)7-16(9-23)22(29)26-10-15-5-3-2-4-6-15/h2-8,11-14H,10H2,1H3,(H,24,25)(H,26,29)/b16-7+. The summed E-state index contributed by atoms with van der Waals surface area (Å²) in [5, 5.41) is 17.3. The summed E-state index contributed by atoms with van der Waals surface area (Å²) in [6.07, 6.45) is 8.76. The van der Waals surface area contributed by atoms with E-state index < -0.39 is 5.91 Å². The van der Waals surface area contributed by atoms with Crippen LogP contribution in [0.5, 0.6) is 0 Å². The van der Waals surface area contributed by atoms with Gasteiger partial charge in [0.1, 0.15) is 17.3 Å². The quantitative estimate of drug-likeness (QED) is 0.409. The monoisotopic (exact) mass is 382 g/mol. The van der Waals surface area contributed by atoms with E-state index in [0.29, 0.717) is 12.2 Å². The van der Waals surface area contributed by atoms with Crippen LogP contribution in [0.15, 0.2) is 66.8 Å². The molecule has 2 N–H and O–H groups in total. The van der Waals surface area contributed by atoms with E-state index >= 15 is 0 Å². The van der Waals surface area contributed by atoms with Crippen LogP contribution in [-0.4, -0.2) is 25.7 Å². The molecule has 0 unspecified atom stereocenters. The summed E-state index contributed by atoms with van der Waals surface area (Å²) in [4.78, 5) is 20.0. The van der Waals surface area contributed by atoms with Crippen LogP contribution >= 0.6 is 0 Å². The molecule has 0 atom stereocenters. The van der Waals surface area contributed by atoms with E-state index in [1.54, 1.807) is 29.3 Å². The van der Waals surface area contributed by atoms with E-state index in [4.69, 9.17) is 0 Å².